The van der Waals surface area contributed by atoms with Crippen LogP contribution in [0.2, 0.25) is 0 Å². The number of thiophene rings is 1. The number of amides is 1. The lowest BCUT2D eigenvalue weighted by Crippen LogP contribution is -2.26. The fourth-order valence-corrected chi connectivity index (χ4v) is 4.03. The van der Waals surface area contributed by atoms with Crippen molar-refractivity contribution >= 4 is 27.5 Å². The summed E-state index contributed by atoms with van der Waals surface area (Å²) in [7, 11) is 0. The molecule has 1 unspecified atom stereocenters. The lowest BCUT2D eigenvalue weighted by molar-refractivity contribution is 0.0938. The molecule has 126 valence electrons. The molecule has 0 saturated carbocycles. The largest absolute Gasteiger partial charge is 0.467 e. The van der Waals surface area contributed by atoms with E-state index in [-0.39, 0.29) is 11.9 Å². The minimum Gasteiger partial charge on any atom is -0.467 e. The lowest BCUT2D eigenvalue weighted by Gasteiger charge is -2.18. The first-order valence-corrected chi connectivity index (χ1v) is 9.06. The minimum atomic E-state index is -0.0948. The second kappa shape index (κ2) is 6.61. The first-order chi connectivity index (χ1) is 12.2. The summed E-state index contributed by atoms with van der Waals surface area (Å²) in [6.45, 7) is 2.50. The van der Waals surface area contributed by atoms with Gasteiger partial charge in [0.2, 0.25) is 0 Å². The molecule has 0 fully saturated rings. The van der Waals surface area contributed by atoms with Gasteiger partial charge in [-0.05, 0) is 42.1 Å². The normalized spacial score (nSPS) is 12.4. The zero-order valence-corrected chi connectivity index (χ0v) is 14.6. The van der Waals surface area contributed by atoms with Crippen LogP contribution in [0.5, 0.6) is 0 Å². The molecule has 0 aliphatic rings. The summed E-state index contributed by atoms with van der Waals surface area (Å²) in [6, 6.07) is 18.0. The van der Waals surface area contributed by atoms with Gasteiger partial charge < -0.3 is 14.3 Å². The molecule has 0 spiro atoms. The van der Waals surface area contributed by atoms with E-state index in [0.29, 0.717) is 12.2 Å². The van der Waals surface area contributed by atoms with Gasteiger partial charge in [0.25, 0.3) is 5.91 Å². The average Bonchev–Trinajstić information content (AvgIpc) is 3.36. The lowest BCUT2D eigenvalue weighted by atomic mass is 10.1. The quantitative estimate of drug-likeness (QED) is 0.560. The second-order valence-electron chi connectivity index (χ2n) is 5.93. The van der Waals surface area contributed by atoms with E-state index >= 15 is 0 Å². The Balaban J connectivity index is 1.69. The molecule has 4 rings (SSSR count). The molecule has 0 aliphatic carbocycles. The Kier molecular flexibility index (Phi) is 4.15. The van der Waals surface area contributed by atoms with Crippen molar-refractivity contribution in [2.24, 2.45) is 0 Å². The molecular weight excluding hydrogens is 332 g/mol. The third-order valence-electron chi connectivity index (χ3n) is 4.35. The number of benzene rings is 1. The molecule has 1 amide bonds. The molecule has 3 aromatic heterocycles. The van der Waals surface area contributed by atoms with Gasteiger partial charge in [-0.1, -0.05) is 30.3 Å². The monoisotopic (exact) mass is 350 g/mol. The molecule has 4 nitrogen and oxygen atoms in total. The van der Waals surface area contributed by atoms with Gasteiger partial charge in [0.1, 0.15) is 16.3 Å². The number of rotatable bonds is 5. The van der Waals surface area contributed by atoms with Crippen LogP contribution in [-0.4, -0.2) is 10.5 Å². The van der Waals surface area contributed by atoms with Gasteiger partial charge in [0.05, 0.1) is 18.8 Å². The van der Waals surface area contributed by atoms with E-state index in [0.717, 1.165) is 16.0 Å². The molecule has 3 heterocycles. The summed E-state index contributed by atoms with van der Waals surface area (Å²) in [5.74, 6) is 0.645. The number of carbonyl (C=O) groups is 1. The van der Waals surface area contributed by atoms with Crippen LogP contribution in [0.25, 0.3) is 10.2 Å². The Labute approximate surface area is 149 Å². The van der Waals surface area contributed by atoms with E-state index in [9.17, 15) is 4.79 Å². The van der Waals surface area contributed by atoms with Crippen LogP contribution in [0.3, 0.4) is 0 Å². The highest BCUT2D eigenvalue weighted by Gasteiger charge is 2.21. The van der Waals surface area contributed by atoms with Crippen molar-refractivity contribution in [1.29, 1.82) is 0 Å². The van der Waals surface area contributed by atoms with E-state index in [4.69, 9.17) is 4.42 Å². The summed E-state index contributed by atoms with van der Waals surface area (Å²) in [5, 5.41) is 6.10. The van der Waals surface area contributed by atoms with Crippen LogP contribution in [-0.2, 0) is 6.54 Å². The fraction of sp³-hybridized carbons (Fsp3) is 0.150. The van der Waals surface area contributed by atoms with Gasteiger partial charge in [0, 0.05) is 5.39 Å². The number of nitrogens with one attached hydrogen (secondary N) is 1. The minimum absolute atomic E-state index is 0.0710. The molecule has 1 aromatic carbocycles. The molecule has 1 atom stereocenters. The molecule has 0 aliphatic heterocycles. The standard InChI is InChI=1S/C20H18N2O2S/c1-14(15-6-3-2-4-7-15)22-18(12-16-9-11-25-20(16)22)19(23)21-13-17-8-5-10-24-17/h2-12,14H,13H2,1H3,(H,21,23). The van der Waals surface area contributed by atoms with Gasteiger partial charge in [-0.3, -0.25) is 4.79 Å². The van der Waals surface area contributed by atoms with Gasteiger partial charge in [-0.15, -0.1) is 11.3 Å². The van der Waals surface area contributed by atoms with E-state index < -0.39 is 0 Å². The van der Waals surface area contributed by atoms with Gasteiger partial charge in [-0.25, -0.2) is 0 Å². The van der Waals surface area contributed by atoms with Crippen molar-refractivity contribution in [2.45, 2.75) is 19.5 Å². The van der Waals surface area contributed by atoms with E-state index in [1.165, 1.54) is 5.56 Å². The van der Waals surface area contributed by atoms with Crippen molar-refractivity contribution in [2.75, 3.05) is 0 Å². The number of furan rings is 1. The van der Waals surface area contributed by atoms with E-state index in [1.807, 2.05) is 36.4 Å². The third-order valence-corrected chi connectivity index (χ3v) is 5.28. The van der Waals surface area contributed by atoms with Crippen LogP contribution in [0.1, 0.15) is 34.8 Å². The molecule has 5 heteroatoms. The fourth-order valence-electron chi connectivity index (χ4n) is 3.05. The number of carbonyl (C=O) groups excluding carboxylic acids is 1. The maximum absolute atomic E-state index is 12.8. The second-order valence-corrected chi connectivity index (χ2v) is 6.82. The third kappa shape index (κ3) is 2.98. The molecule has 0 radical (unpaired) electrons. The van der Waals surface area contributed by atoms with E-state index in [1.54, 1.807) is 17.6 Å². The maximum atomic E-state index is 12.8. The number of hydrogen-bond acceptors (Lipinski definition) is 3. The molecule has 0 bridgehead atoms. The zero-order valence-electron chi connectivity index (χ0n) is 13.8. The van der Waals surface area contributed by atoms with Crippen LogP contribution >= 0.6 is 11.3 Å². The summed E-state index contributed by atoms with van der Waals surface area (Å²) < 4.78 is 7.41. The first-order valence-electron chi connectivity index (χ1n) is 8.18. The van der Waals surface area contributed by atoms with Gasteiger partial charge in [-0.2, -0.15) is 0 Å². The van der Waals surface area contributed by atoms with Crippen LogP contribution in [0.4, 0.5) is 0 Å². The number of fused-ring (bicyclic) bond motifs is 1. The van der Waals surface area contributed by atoms with Crippen molar-refractivity contribution < 1.29 is 9.21 Å². The Hall–Kier alpha value is -2.79. The SMILES string of the molecule is CC(c1ccccc1)n1c(C(=O)NCc2ccco2)cc2ccsc21. The van der Waals surface area contributed by atoms with Gasteiger partial charge in [0.15, 0.2) is 0 Å². The Bertz CT molecular complexity index is 983. The van der Waals surface area contributed by atoms with Crippen LogP contribution < -0.4 is 5.32 Å². The number of nitrogens with zero attached hydrogens (tertiary/aromatic N) is 1. The van der Waals surface area contributed by atoms with Crippen LogP contribution in [0.15, 0.2) is 70.7 Å². The van der Waals surface area contributed by atoms with E-state index in [2.05, 4.69) is 40.4 Å². The average molecular weight is 350 g/mol. The smallest absolute Gasteiger partial charge is 0.268 e. The molecular formula is C20H18N2O2S. The summed E-state index contributed by atoms with van der Waals surface area (Å²) in [6.07, 6.45) is 1.61. The van der Waals surface area contributed by atoms with Crippen molar-refractivity contribution in [1.82, 2.24) is 9.88 Å². The van der Waals surface area contributed by atoms with Gasteiger partial charge >= 0.3 is 0 Å². The molecule has 0 saturated heterocycles. The Morgan fingerprint density at radius 3 is 2.80 bits per heavy atom. The topological polar surface area (TPSA) is 47.2 Å². The molecule has 4 aromatic rings. The summed E-state index contributed by atoms with van der Waals surface area (Å²) in [5.41, 5.74) is 1.85. The first kappa shape index (κ1) is 15.7. The van der Waals surface area contributed by atoms with Crippen molar-refractivity contribution in [3.8, 4) is 0 Å². The van der Waals surface area contributed by atoms with Crippen molar-refractivity contribution in [3.05, 3.63) is 83.3 Å². The zero-order chi connectivity index (χ0) is 17.2. The highest BCUT2D eigenvalue weighted by Crippen LogP contribution is 2.31. The predicted octanol–water partition coefficient (Wildman–Crippen LogP) is 4.84. The summed E-state index contributed by atoms with van der Waals surface area (Å²) in [4.78, 5) is 13.9. The predicted molar refractivity (Wildman–Crippen MR) is 99.9 cm³/mol. The summed E-state index contributed by atoms with van der Waals surface area (Å²) >= 11 is 1.66. The number of hydrogen-bond donors (Lipinski definition) is 1. The van der Waals surface area contributed by atoms with Crippen molar-refractivity contribution in [3.63, 3.8) is 0 Å². The van der Waals surface area contributed by atoms with Crippen LogP contribution in [0, 0.1) is 0 Å². The Morgan fingerprint density at radius 2 is 2.04 bits per heavy atom. The molecule has 25 heavy (non-hydrogen) atoms. The Morgan fingerprint density at radius 1 is 1.20 bits per heavy atom. The highest BCUT2D eigenvalue weighted by molar-refractivity contribution is 7.16. The number of aromatic nitrogens is 1. The maximum Gasteiger partial charge on any atom is 0.268 e. The highest BCUT2D eigenvalue weighted by atomic mass is 32.1. The molecule has 1 N–H and O–H groups in total.